The van der Waals surface area contributed by atoms with Gasteiger partial charge in [-0.3, -0.25) is 0 Å². The molecule has 0 unspecified atom stereocenters. The summed E-state index contributed by atoms with van der Waals surface area (Å²) in [6.07, 6.45) is 3.11. The van der Waals surface area contributed by atoms with Gasteiger partial charge in [-0.25, -0.2) is 4.79 Å². The third-order valence-electron chi connectivity index (χ3n) is 4.13. The Morgan fingerprint density at radius 1 is 1.40 bits per heavy atom. The summed E-state index contributed by atoms with van der Waals surface area (Å²) in [4.78, 5) is 17.5. The maximum Gasteiger partial charge on any atom is 0.317 e. The van der Waals surface area contributed by atoms with Crippen molar-refractivity contribution in [3.8, 4) is 0 Å². The largest absolute Gasteiger partial charge is 0.358 e. The lowest BCUT2D eigenvalue weighted by molar-refractivity contribution is 0.192. The number of carbonyl (C=O) groups is 1. The average molecular weight is 290 g/mol. The number of hydrogen-bond acceptors (Lipinski definition) is 1. The number of benzene rings is 1. The number of H-pyrrole nitrogens is 1. The molecule has 0 spiro atoms. The topological polar surface area (TPSA) is 48.1 Å². The molecule has 4 rings (SSSR count). The van der Waals surface area contributed by atoms with Crippen LogP contribution in [-0.2, 0) is 13.0 Å². The van der Waals surface area contributed by atoms with Gasteiger partial charge in [0, 0.05) is 52.7 Å². The van der Waals surface area contributed by atoms with Crippen molar-refractivity contribution in [2.24, 2.45) is 0 Å². The molecule has 2 N–H and O–H groups in total. The molecular formula is C15H16ClN3O. The van der Waals surface area contributed by atoms with Crippen LogP contribution in [-0.4, -0.2) is 28.5 Å². The highest BCUT2D eigenvalue weighted by Gasteiger charge is 2.28. The van der Waals surface area contributed by atoms with Gasteiger partial charge in [-0.05, 0) is 31.0 Å². The minimum Gasteiger partial charge on any atom is -0.358 e. The second-order valence-electron chi connectivity index (χ2n) is 5.67. The molecule has 104 valence electrons. The third kappa shape index (κ3) is 2.04. The smallest absolute Gasteiger partial charge is 0.317 e. The first-order valence-corrected chi connectivity index (χ1v) is 7.43. The zero-order valence-corrected chi connectivity index (χ0v) is 11.8. The van der Waals surface area contributed by atoms with E-state index < -0.39 is 0 Å². The number of urea groups is 1. The minimum atomic E-state index is 0.0644. The molecule has 4 nitrogen and oxygen atoms in total. The van der Waals surface area contributed by atoms with Crippen LogP contribution in [0.25, 0.3) is 10.9 Å². The van der Waals surface area contributed by atoms with Gasteiger partial charge in [0.15, 0.2) is 0 Å². The first kappa shape index (κ1) is 12.1. The first-order chi connectivity index (χ1) is 9.70. The Bertz CT molecular complexity index is 690. The number of halogens is 1. The van der Waals surface area contributed by atoms with Crippen molar-refractivity contribution in [2.75, 3.05) is 6.54 Å². The predicted octanol–water partition coefficient (Wildman–Crippen LogP) is 3.05. The molecule has 0 atom stereocenters. The van der Waals surface area contributed by atoms with Gasteiger partial charge < -0.3 is 15.2 Å². The number of aromatic nitrogens is 1. The Kier molecular flexibility index (Phi) is 2.67. The number of carbonyl (C=O) groups excluding carboxylic acids is 1. The van der Waals surface area contributed by atoms with Crippen molar-refractivity contribution >= 4 is 28.5 Å². The third-order valence-corrected chi connectivity index (χ3v) is 4.36. The van der Waals surface area contributed by atoms with Gasteiger partial charge in [0.05, 0.1) is 0 Å². The highest BCUT2D eigenvalue weighted by molar-refractivity contribution is 6.31. The SMILES string of the molecule is O=C(NC1CC1)N1CCc2[nH]c3ccc(Cl)cc3c2C1. The van der Waals surface area contributed by atoms with E-state index >= 15 is 0 Å². The van der Waals surface area contributed by atoms with Crippen molar-refractivity contribution in [3.63, 3.8) is 0 Å². The monoisotopic (exact) mass is 289 g/mol. The van der Waals surface area contributed by atoms with E-state index in [1.807, 2.05) is 23.1 Å². The molecular weight excluding hydrogens is 274 g/mol. The molecule has 1 saturated carbocycles. The number of amides is 2. The van der Waals surface area contributed by atoms with E-state index in [9.17, 15) is 4.79 Å². The van der Waals surface area contributed by atoms with Gasteiger partial charge in [-0.15, -0.1) is 0 Å². The standard InChI is InChI=1S/C15H16ClN3O/c16-9-1-4-13-11(7-9)12-8-19(6-5-14(12)18-13)15(20)17-10-2-3-10/h1,4,7,10,18H,2-3,5-6,8H2,(H,17,20). The molecule has 0 bridgehead atoms. The van der Waals surface area contributed by atoms with E-state index in [1.165, 1.54) is 11.3 Å². The molecule has 1 fully saturated rings. The number of nitrogens with one attached hydrogen (secondary N) is 2. The first-order valence-electron chi connectivity index (χ1n) is 7.05. The maximum absolute atomic E-state index is 12.2. The van der Waals surface area contributed by atoms with Crippen LogP contribution in [0.1, 0.15) is 24.1 Å². The molecule has 1 aromatic heterocycles. The summed E-state index contributed by atoms with van der Waals surface area (Å²) < 4.78 is 0. The van der Waals surface area contributed by atoms with Crippen molar-refractivity contribution in [2.45, 2.75) is 31.8 Å². The van der Waals surface area contributed by atoms with Gasteiger partial charge in [-0.1, -0.05) is 11.6 Å². The number of hydrogen-bond donors (Lipinski definition) is 2. The van der Waals surface area contributed by atoms with Crippen molar-refractivity contribution in [1.29, 1.82) is 0 Å². The van der Waals surface area contributed by atoms with Crippen LogP contribution in [0.2, 0.25) is 5.02 Å². The summed E-state index contributed by atoms with van der Waals surface area (Å²) in [5.74, 6) is 0. The van der Waals surface area contributed by atoms with E-state index in [0.29, 0.717) is 12.6 Å². The number of nitrogens with zero attached hydrogens (tertiary/aromatic N) is 1. The Hall–Kier alpha value is -1.68. The molecule has 20 heavy (non-hydrogen) atoms. The Balaban J connectivity index is 1.65. The van der Waals surface area contributed by atoms with Gasteiger partial charge >= 0.3 is 6.03 Å². The Labute approximate surface area is 122 Å². The molecule has 2 heterocycles. The number of aromatic amines is 1. The van der Waals surface area contributed by atoms with Crippen LogP contribution in [0.3, 0.4) is 0 Å². The van der Waals surface area contributed by atoms with Crippen molar-refractivity contribution in [3.05, 3.63) is 34.5 Å². The molecule has 5 heteroatoms. The quantitative estimate of drug-likeness (QED) is 0.833. The van der Waals surface area contributed by atoms with E-state index in [-0.39, 0.29) is 6.03 Å². The molecule has 2 aromatic rings. The molecule has 1 aromatic carbocycles. The molecule has 0 radical (unpaired) electrons. The summed E-state index contributed by atoms with van der Waals surface area (Å²) in [6, 6.07) is 6.35. The molecule has 1 aliphatic carbocycles. The maximum atomic E-state index is 12.2. The normalized spacial score (nSPS) is 18.1. The second kappa shape index (κ2) is 4.42. The fraction of sp³-hybridized carbons (Fsp3) is 0.400. The molecule has 1 aliphatic heterocycles. The lowest BCUT2D eigenvalue weighted by atomic mass is 10.0. The van der Waals surface area contributed by atoms with Crippen LogP contribution in [0.15, 0.2) is 18.2 Å². The highest BCUT2D eigenvalue weighted by Crippen LogP contribution is 2.30. The number of rotatable bonds is 1. The Morgan fingerprint density at radius 2 is 2.25 bits per heavy atom. The number of fused-ring (bicyclic) bond motifs is 3. The van der Waals surface area contributed by atoms with Gasteiger partial charge in [0.25, 0.3) is 0 Å². The predicted molar refractivity (Wildman–Crippen MR) is 79.0 cm³/mol. The van der Waals surface area contributed by atoms with Crippen LogP contribution in [0, 0.1) is 0 Å². The molecule has 2 aliphatic rings. The minimum absolute atomic E-state index is 0.0644. The second-order valence-corrected chi connectivity index (χ2v) is 6.10. The fourth-order valence-electron chi connectivity index (χ4n) is 2.85. The molecule has 0 saturated heterocycles. The summed E-state index contributed by atoms with van der Waals surface area (Å²) >= 11 is 6.09. The summed E-state index contributed by atoms with van der Waals surface area (Å²) in [7, 11) is 0. The van der Waals surface area contributed by atoms with Crippen LogP contribution in [0.5, 0.6) is 0 Å². The zero-order chi connectivity index (χ0) is 13.7. The van der Waals surface area contributed by atoms with E-state index in [0.717, 1.165) is 41.7 Å². The lowest BCUT2D eigenvalue weighted by Crippen LogP contribution is -2.43. The van der Waals surface area contributed by atoms with Gasteiger partial charge in [0.1, 0.15) is 0 Å². The Morgan fingerprint density at radius 3 is 3.05 bits per heavy atom. The lowest BCUT2D eigenvalue weighted by Gasteiger charge is -2.27. The summed E-state index contributed by atoms with van der Waals surface area (Å²) in [6.45, 7) is 1.43. The average Bonchev–Trinajstić information content (AvgIpc) is 3.18. The van der Waals surface area contributed by atoms with E-state index in [4.69, 9.17) is 11.6 Å². The van der Waals surface area contributed by atoms with Crippen LogP contribution < -0.4 is 5.32 Å². The summed E-state index contributed by atoms with van der Waals surface area (Å²) in [5.41, 5.74) is 3.54. The van der Waals surface area contributed by atoms with Gasteiger partial charge in [0.2, 0.25) is 0 Å². The fourth-order valence-corrected chi connectivity index (χ4v) is 3.03. The van der Waals surface area contributed by atoms with Crippen molar-refractivity contribution in [1.82, 2.24) is 15.2 Å². The van der Waals surface area contributed by atoms with Crippen LogP contribution in [0.4, 0.5) is 4.79 Å². The zero-order valence-electron chi connectivity index (χ0n) is 11.1. The molecule has 2 amide bonds. The van der Waals surface area contributed by atoms with E-state index in [2.05, 4.69) is 10.3 Å². The summed E-state index contributed by atoms with van der Waals surface area (Å²) in [5, 5.41) is 4.93. The van der Waals surface area contributed by atoms with Crippen LogP contribution >= 0.6 is 11.6 Å². The van der Waals surface area contributed by atoms with E-state index in [1.54, 1.807) is 0 Å². The van der Waals surface area contributed by atoms with Gasteiger partial charge in [-0.2, -0.15) is 0 Å². The highest BCUT2D eigenvalue weighted by atomic mass is 35.5. The van der Waals surface area contributed by atoms with Crippen molar-refractivity contribution < 1.29 is 4.79 Å².